The van der Waals surface area contributed by atoms with Crippen molar-refractivity contribution in [1.82, 2.24) is 34.4 Å². The Balaban J connectivity index is 1.36. The number of nitrogen functional groups attached to an aromatic ring is 1. The number of nitrogens with two attached hydrogens (primary N) is 1. The molecule has 0 unspecified atom stereocenters. The molecule has 10 heteroatoms. The second-order valence-corrected chi connectivity index (χ2v) is 8.48. The van der Waals surface area contributed by atoms with Crippen molar-refractivity contribution in [3.63, 3.8) is 0 Å². The number of fused-ring (bicyclic) bond motifs is 2. The molecule has 1 fully saturated rings. The standard InChI is InChI=1S/C24H24N8O2/c1-34-18-6-2-4-15-12-17(29-19(15)18)20-21-22(25)27-13-28-32(21)23(30-20)14-7-10-31(11-8-14)24(33)16-5-3-9-26-16/h2-6,9,12-14,26,29H,7-8,10-11H2,1H3,(H2,25,27,28). The quantitative estimate of drug-likeness (QED) is 0.381. The maximum Gasteiger partial charge on any atom is 0.270 e. The van der Waals surface area contributed by atoms with Crippen molar-refractivity contribution in [2.45, 2.75) is 18.8 Å². The Bertz CT molecular complexity index is 1490. The summed E-state index contributed by atoms with van der Waals surface area (Å²) < 4.78 is 7.30. The number of nitrogens with zero attached hydrogens (tertiary/aromatic N) is 5. The molecule has 0 saturated carbocycles. The molecule has 0 radical (unpaired) electrons. The van der Waals surface area contributed by atoms with Gasteiger partial charge >= 0.3 is 0 Å². The van der Waals surface area contributed by atoms with E-state index in [1.54, 1.807) is 23.9 Å². The first-order chi connectivity index (χ1) is 16.6. The van der Waals surface area contributed by atoms with Crippen LogP contribution in [-0.2, 0) is 0 Å². The van der Waals surface area contributed by atoms with E-state index in [1.165, 1.54) is 6.33 Å². The summed E-state index contributed by atoms with van der Waals surface area (Å²) in [6.45, 7) is 1.30. The van der Waals surface area contributed by atoms with Crippen LogP contribution >= 0.6 is 0 Å². The number of aromatic nitrogens is 6. The molecule has 0 atom stereocenters. The lowest BCUT2D eigenvalue weighted by Crippen LogP contribution is -2.38. The maximum absolute atomic E-state index is 12.7. The molecule has 1 saturated heterocycles. The topological polar surface area (TPSA) is 130 Å². The first kappa shape index (κ1) is 20.3. The zero-order valence-electron chi connectivity index (χ0n) is 18.7. The van der Waals surface area contributed by atoms with Crippen LogP contribution in [0.15, 0.2) is 48.9 Å². The molecule has 6 rings (SSSR count). The lowest BCUT2D eigenvalue weighted by atomic mass is 9.96. The highest BCUT2D eigenvalue weighted by Crippen LogP contribution is 2.36. The Morgan fingerprint density at radius 2 is 2.06 bits per heavy atom. The third-order valence-electron chi connectivity index (χ3n) is 6.55. The fraction of sp³-hybridized carbons (Fsp3) is 0.250. The average molecular weight is 457 g/mol. The molecule has 4 N–H and O–H groups in total. The number of benzene rings is 1. The van der Waals surface area contributed by atoms with Crippen molar-refractivity contribution in [1.29, 1.82) is 0 Å². The molecule has 5 heterocycles. The fourth-order valence-electron chi connectivity index (χ4n) is 4.83. The predicted molar refractivity (Wildman–Crippen MR) is 128 cm³/mol. The Labute approximate surface area is 194 Å². The van der Waals surface area contributed by atoms with E-state index in [1.807, 2.05) is 35.2 Å². The van der Waals surface area contributed by atoms with Gasteiger partial charge in [-0.05, 0) is 37.1 Å². The number of hydrogen-bond donors (Lipinski definition) is 3. The zero-order chi connectivity index (χ0) is 23.2. The summed E-state index contributed by atoms with van der Waals surface area (Å²) in [5, 5.41) is 5.50. The number of anilines is 1. The molecule has 1 amide bonds. The number of para-hydroxylation sites is 1. The summed E-state index contributed by atoms with van der Waals surface area (Å²) in [5.41, 5.74) is 10.0. The van der Waals surface area contributed by atoms with Gasteiger partial charge in [0.05, 0.1) is 18.3 Å². The summed E-state index contributed by atoms with van der Waals surface area (Å²) in [5.74, 6) is 2.12. The van der Waals surface area contributed by atoms with Gasteiger partial charge in [-0.2, -0.15) is 5.10 Å². The Morgan fingerprint density at radius 1 is 1.21 bits per heavy atom. The van der Waals surface area contributed by atoms with Crippen LogP contribution in [0.2, 0.25) is 0 Å². The second kappa shape index (κ2) is 7.91. The van der Waals surface area contributed by atoms with Gasteiger partial charge in [-0.25, -0.2) is 14.5 Å². The molecule has 172 valence electrons. The van der Waals surface area contributed by atoms with E-state index in [0.717, 1.165) is 41.0 Å². The van der Waals surface area contributed by atoms with Crippen LogP contribution in [0.1, 0.15) is 35.1 Å². The van der Waals surface area contributed by atoms with Crippen LogP contribution in [-0.4, -0.2) is 60.6 Å². The largest absolute Gasteiger partial charge is 0.495 e. The Hall–Kier alpha value is -4.34. The molecule has 5 aromatic rings. The van der Waals surface area contributed by atoms with E-state index in [9.17, 15) is 4.79 Å². The highest BCUT2D eigenvalue weighted by atomic mass is 16.5. The first-order valence-corrected chi connectivity index (χ1v) is 11.2. The normalized spacial score (nSPS) is 14.8. The number of rotatable bonds is 4. The SMILES string of the molecule is COc1cccc2cc(-c3nc(C4CCN(C(=O)c5ccc[nH]5)CC4)n4ncnc(N)c34)[nH]c12. The van der Waals surface area contributed by atoms with Crippen LogP contribution in [0.3, 0.4) is 0 Å². The van der Waals surface area contributed by atoms with E-state index in [0.29, 0.717) is 35.8 Å². The van der Waals surface area contributed by atoms with Gasteiger partial charge in [0.2, 0.25) is 0 Å². The monoisotopic (exact) mass is 456 g/mol. The molecule has 1 aliphatic rings. The maximum atomic E-state index is 12.7. The number of methoxy groups -OCH3 is 1. The number of amides is 1. The fourth-order valence-corrected chi connectivity index (χ4v) is 4.83. The average Bonchev–Trinajstić information content (AvgIpc) is 3.62. The van der Waals surface area contributed by atoms with Gasteiger partial charge in [0.15, 0.2) is 5.82 Å². The van der Waals surface area contributed by atoms with Gasteiger partial charge in [0, 0.05) is 30.6 Å². The summed E-state index contributed by atoms with van der Waals surface area (Å²) in [6.07, 6.45) is 4.79. The number of carbonyl (C=O) groups excluding carboxylic acids is 1. The first-order valence-electron chi connectivity index (χ1n) is 11.2. The van der Waals surface area contributed by atoms with Crippen molar-refractivity contribution in [3.8, 4) is 17.1 Å². The molecule has 1 aromatic carbocycles. The molecular weight excluding hydrogens is 432 g/mol. The van der Waals surface area contributed by atoms with E-state index in [-0.39, 0.29) is 11.8 Å². The minimum absolute atomic E-state index is 0.0238. The second-order valence-electron chi connectivity index (χ2n) is 8.48. The summed E-state index contributed by atoms with van der Waals surface area (Å²) in [4.78, 5) is 30.3. The minimum Gasteiger partial charge on any atom is -0.495 e. The third-order valence-corrected chi connectivity index (χ3v) is 6.55. The Morgan fingerprint density at radius 3 is 2.82 bits per heavy atom. The molecular formula is C24H24N8O2. The van der Waals surface area contributed by atoms with Crippen LogP contribution in [0, 0.1) is 0 Å². The molecule has 34 heavy (non-hydrogen) atoms. The van der Waals surface area contributed by atoms with Gasteiger partial charge in [0.25, 0.3) is 5.91 Å². The smallest absolute Gasteiger partial charge is 0.270 e. The minimum atomic E-state index is 0.0238. The van der Waals surface area contributed by atoms with Crippen molar-refractivity contribution in [3.05, 3.63) is 60.4 Å². The summed E-state index contributed by atoms with van der Waals surface area (Å²) in [7, 11) is 1.65. The number of carbonyl (C=O) groups is 1. The van der Waals surface area contributed by atoms with Crippen LogP contribution in [0.25, 0.3) is 27.8 Å². The third kappa shape index (κ3) is 3.18. The number of hydrogen-bond acceptors (Lipinski definition) is 6. The summed E-state index contributed by atoms with van der Waals surface area (Å²) in [6, 6.07) is 11.6. The number of nitrogens with one attached hydrogen (secondary N) is 2. The van der Waals surface area contributed by atoms with E-state index in [4.69, 9.17) is 15.5 Å². The predicted octanol–water partition coefficient (Wildman–Crippen LogP) is 3.21. The number of aromatic amines is 2. The van der Waals surface area contributed by atoms with Gasteiger partial charge in [-0.15, -0.1) is 0 Å². The van der Waals surface area contributed by atoms with E-state index < -0.39 is 0 Å². The van der Waals surface area contributed by atoms with Crippen LogP contribution in [0.4, 0.5) is 5.82 Å². The number of likely N-dealkylation sites (tertiary alicyclic amines) is 1. The highest BCUT2D eigenvalue weighted by molar-refractivity contribution is 5.94. The highest BCUT2D eigenvalue weighted by Gasteiger charge is 2.30. The molecule has 0 aliphatic carbocycles. The molecule has 4 aromatic heterocycles. The van der Waals surface area contributed by atoms with Gasteiger partial charge < -0.3 is 25.3 Å². The van der Waals surface area contributed by atoms with Gasteiger partial charge in [0.1, 0.15) is 34.8 Å². The molecule has 0 bridgehead atoms. The molecule has 1 aliphatic heterocycles. The Kier molecular flexibility index (Phi) is 4.72. The van der Waals surface area contributed by atoms with Crippen molar-refractivity contribution in [2.24, 2.45) is 0 Å². The summed E-state index contributed by atoms with van der Waals surface area (Å²) >= 11 is 0. The number of H-pyrrole nitrogens is 2. The zero-order valence-corrected chi connectivity index (χ0v) is 18.7. The van der Waals surface area contributed by atoms with Gasteiger partial charge in [-0.1, -0.05) is 12.1 Å². The number of piperidine rings is 1. The van der Waals surface area contributed by atoms with E-state index in [2.05, 4.69) is 20.1 Å². The van der Waals surface area contributed by atoms with Gasteiger partial charge in [-0.3, -0.25) is 4.79 Å². The van der Waals surface area contributed by atoms with Crippen LogP contribution < -0.4 is 10.5 Å². The van der Waals surface area contributed by atoms with E-state index >= 15 is 0 Å². The number of imidazole rings is 1. The molecule has 10 nitrogen and oxygen atoms in total. The lowest BCUT2D eigenvalue weighted by molar-refractivity contribution is 0.0705. The molecule has 0 spiro atoms. The lowest BCUT2D eigenvalue weighted by Gasteiger charge is -2.31. The van der Waals surface area contributed by atoms with Crippen molar-refractivity contribution < 1.29 is 9.53 Å². The van der Waals surface area contributed by atoms with Crippen molar-refractivity contribution in [2.75, 3.05) is 25.9 Å². The van der Waals surface area contributed by atoms with Crippen molar-refractivity contribution >= 4 is 28.1 Å². The number of ether oxygens (including phenoxy) is 1. The van der Waals surface area contributed by atoms with Crippen LogP contribution in [0.5, 0.6) is 5.75 Å².